The molecule has 3 aromatic heterocycles. The molecule has 0 bridgehead atoms. The van der Waals surface area contributed by atoms with Crippen LogP contribution in [0.2, 0.25) is 5.02 Å². The van der Waals surface area contributed by atoms with Crippen LogP contribution < -0.4 is 4.74 Å². The molecule has 2 aromatic carbocycles. The summed E-state index contributed by atoms with van der Waals surface area (Å²) >= 11 is 8.29. The van der Waals surface area contributed by atoms with Gasteiger partial charge in [-0.15, -0.1) is 5.10 Å². The van der Waals surface area contributed by atoms with Crippen molar-refractivity contribution in [2.75, 3.05) is 7.11 Å². The Labute approximate surface area is 212 Å². The van der Waals surface area contributed by atoms with Gasteiger partial charge in [-0.3, -0.25) is 5.10 Å². The average molecular weight is 526 g/mol. The molecule has 0 amide bonds. The largest absolute Gasteiger partial charge is 0.496 e. The lowest BCUT2D eigenvalue weighted by Crippen LogP contribution is -1.97. The zero-order chi connectivity index (χ0) is 24.4. The molecule has 12 heteroatoms. The summed E-state index contributed by atoms with van der Waals surface area (Å²) in [7, 11) is 1.54. The lowest BCUT2D eigenvalue weighted by molar-refractivity contribution is -0.131. The minimum absolute atomic E-state index is 0.0109. The molecule has 35 heavy (non-hydrogen) atoms. The highest BCUT2D eigenvalue weighted by molar-refractivity contribution is 8.04. The maximum Gasteiger partial charge on any atom is 0.342 e. The Morgan fingerprint density at radius 1 is 1.17 bits per heavy atom. The number of aliphatic carboxylic acids is 1. The fraction of sp³-hybridized carbons (Fsp3) is 0.0435. The zero-order valence-electron chi connectivity index (χ0n) is 18.0. The Kier molecular flexibility index (Phi) is 6.53. The minimum atomic E-state index is -1.13. The van der Waals surface area contributed by atoms with E-state index in [1.807, 2.05) is 24.3 Å². The van der Waals surface area contributed by atoms with E-state index in [0.29, 0.717) is 38.2 Å². The van der Waals surface area contributed by atoms with Crippen molar-refractivity contribution in [2.45, 2.75) is 15.4 Å². The first-order valence-corrected chi connectivity index (χ1v) is 12.1. The number of methoxy groups -OCH3 is 1. The van der Waals surface area contributed by atoms with Gasteiger partial charge in [0.15, 0.2) is 16.1 Å². The summed E-state index contributed by atoms with van der Waals surface area (Å²) in [4.78, 5) is 24.0. The van der Waals surface area contributed by atoms with Crippen LogP contribution in [0.4, 0.5) is 0 Å². The Hall–Kier alpha value is -3.67. The van der Waals surface area contributed by atoms with Crippen molar-refractivity contribution in [3.8, 4) is 17.1 Å². The van der Waals surface area contributed by atoms with Crippen molar-refractivity contribution in [1.29, 1.82) is 0 Å². The number of benzene rings is 2. The van der Waals surface area contributed by atoms with Crippen molar-refractivity contribution >= 4 is 58.2 Å². The van der Waals surface area contributed by atoms with Crippen LogP contribution in [0.3, 0.4) is 0 Å². The highest BCUT2D eigenvalue weighted by Crippen LogP contribution is 2.34. The number of hydrogen-bond acceptors (Lipinski definition) is 8. The second kappa shape index (κ2) is 9.90. The number of para-hydroxylation sites is 2. The number of nitrogens with one attached hydrogen (secondary N) is 2. The van der Waals surface area contributed by atoms with Crippen molar-refractivity contribution in [3.05, 3.63) is 70.3 Å². The first-order chi connectivity index (χ1) is 17.0. The van der Waals surface area contributed by atoms with E-state index in [9.17, 15) is 9.90 Å². The van der Waals surface area contributed by atoms with Crippen LogP contribution in [0.15, 0.2) is 79.3 Å². The Morgan fingerprint density at radius 3 is 2.83 bits per heavy atom. The van der Waals surface area contributed by atoms with E-state index in [1.165, 1.54) is 24.9 Å². The molecule has 0 atom stereocenters. The summed E-state index contributed by atoms with van der Waals surface area (Å²) in [6.07, 6.45) is 1.42. The van der Waals surface area contributed by atoms with Crippen LogP contribution in [0.25, 0.3) is 28.5 Å². The van der Waals surface area contributed by atoms with Crippen LogP contribution in [0, 0.1) is 0 Å². The molecular weight excluding hydrogens is 510 g/mol. The monoisotopic (exact) mass is 525 g/mol. The Morgan fingerprint density at radius 2 is 2.03 bits per heavy atom. The fourth-order valence-corrected chi connectivity index (χ4v) is 4.81. The van der Waals surface area contributed by atoms with Gasteiger partial charge in [-0.25, -0.2) is 14.8 Å². The van der Waals surface area contributed by atoms with Crippen molar-refractivity contribution in [3.63, 3.8) is 0 Å². The van der Waals surface area contributed by atoms with Crippen molar-refractivity contribution < 1.29 is 19.1 Å². The topological polar surface area (TPSA) is 130 Å². The molecule has 0 saturated carbocycles. The maximum atomic E-state index is 11.9. The second-order valence-corrected chi connectivity index (χ2v) is 9.48. The van der Waals surface area contributed by atoms with Crippen LogP contribution in [-0.2, 0) is 4.79 Å². The van der Waals surface area contributed by atoms with E-state index in [0.717, 1.165) is 22.8 Å². The van der Waals surface area contributed by atoms with Gasteiger partial charge < -0.3 is 19.2 Å². The van der Waals surface area contributed by atoms with Gasteiger partial charge in [-0.05, 0) is 66.0 Å². The van der Waals surface area contributed by atoms with Gasteiger partial charge in [0, 0.05) is 11.1 Å². The lowest BCUT2D eigenvalue weighted by atomic mass is 10.2. The quantitative estimate of drug-likeness (QED) is 0.165. The standard InChI is InChI=1S/C23H16ClN5O4S2/c1-32-17-8-6-12(24)10-14(17)20-27-23(29-28-20)34-18(21(30)31)11-13-7-9-19(33-13)35-22-25-15-4-2-3-5-16(15)26-22/h2-11H,1H3,(H,25,26)(H,30,31)(H,27,28,29)/b18-11-. The van der Waals surface area contributed by atoms with Crippen molar-refractivity contribution in [1.82, 2.24) is 25.1 Å². The molecule has 3 heterocycles. The first-order valence-electron chi connectivity index (χ1n) is 10.1. The lowest BCUT2D eigenvalue weighted by Gasteiger charge is -2.05. The number of carboxylic acid groups (broad SMARTS) is 1. The van der Waals surface area contributed by atoms with E-state index >= 15 is 0 Å². The first kappa shape index (κ1) is 23.1. The van der Waals surface area contributed by atoms with Crippen molar-refractivity contribution in [2.24, 2.45) is 0 Å². The third-order valence-corrected chi connectivity index (χ3v) is 6.65. The van der Waals surface area contributed by atoms with Gasteiger partial charge in [0.25, 0.3) is 0 Å². The van der Waals surface area contributed by atoms with Crippen LogP contribution in [0.1, 0.15) is 5.76 Å². The molecule has 3 N–H and O–H groups in total. The molecule has 0 unspecified atom stereocenters. The molecule has 0 spiro atoms. The molecule has 0 aliphatic rings. The Bertz CT molecular complexity index is 1530. The Balaban J connectivity index is 1.34. The molecule has 9 nitrogen and oxygen atoms in total. The molecule has 5 rings (SSSR count). The number of aromatic nitrogens is 5. The zero-order valence-corrected chi connectivity index (χ0v) is 20.4. The molecular formula is C23H16ClN5O4S2. The van der Waals surface area contributed by atoms with Crippen LogP contribution in [0.5, 0.6) is 5.75 Å². The highest BCUT2D eigenvalue weighted by atomic mass is 35.5. The number of ether oxygens (including phenoxy) is 1. The number of furan rings is 1. The van der Waals surface area contributed by atoms with Gasteiger partial charge in [-0.1, -0.05) is 23.7 Å². The number of halogens is 1. The van der Waals surface area contributed by atoms with E-state index in [1.54, 1.807) is 30.3 Å². The predicted molar refractivity (Wildman–Crippen MR) is 134 cm³/mol. The number of nitrogens with zero attached hydrogens (tertiary/aromatic N) is 3. The number of carbonyl (C=O) groups is 1. The summed E-state index contributed by atoms with van der Waals surface area (Å²) in [5.74, 6) is 0.200. The number of fused-ring (bicyclic) bond motifs is 1. The summed E-state index contributed by atoms with van der Waals surface area (Å²) in [6.45, 7) is 0. The number of imidazole rings is 1. The van der Waals surface area contributed by atoms with Crippen LogP contribution in [-0.4, -0.2) is 43.3 Å². The SMILES string of the molecule is COc1ccc(Cl)cc1-c1nc(S/C(=C\c2ccc(Sc3nc4ccccc4[nH]3)o2)C(=O)O)n[nH]1. The normalized spacial score (nSPS) is 11.8. The fourth-order valence-electron chi connectivity index (χ4n) is 3.18. The smallest absolute Gasteiger partial charge is 0.342 e. The van der Waals surface area contributed by atoms with Gasteiger partial charge >= 0.3 is 5.97 Å². The summed E-state index contributed by atoms with van der Waals surface area (Å²) < 4.78 is 11.1. The number of thioether (sulfide) groups is 1. The van der Waals surface area contributed by atoms with E-state index in [2.05, 4.69) is 25.1 Å². The van der Waals surface area contributed by atoms with Gasteiger partial charge in [-0.2, -0.15) is 0 Å². The summed E-state index contributed by atoms with van der Waals surface area (Å²) in [6, 6.07) is 16.3. The van der Waals surface area contributed by atoms with Gasteiger partial charge in [0.1, 0.15) is 16.4 Å². The molecule has 0 radical (unpaired) electrons. The number of H-pyrrole nitrogens is 2. The molecule has 0 aliphatic heterocycles. The van der Waals surface area contributed by atoms with E-state index < -0.39 is 5.97 Å². The number of hydrogen-bond donors (Lipinski definition) is 3. The highest BCUT2D eigenvalue weighted by Gasteiger charge is 2.17. The molecule has 176 valence electrons. The molecule has 0 aliphatic carbocycles. The maximum absolute atomic E-state index is 11.9. The summed E-state index contributed by atoms with van der Waals surface area (Å²) in [5, 5.41) is 18.6. The number of carboxylic acids is 1. The van der Waals surface area contributed by atoms with Gasteiger partial charge in [0.2, 0.25) is 5.16 Å². The molecule has 5 aromatic rings. The summed E-state index contributed by atoms with van der Waals surface area (Å²) in [5.41, 5.74) is 2.39. The predicted octanol–water partition coefficient (Wildman–Crippen LogP) is 5.97. The number of aromatic amines is 2. The molecule has 0 saturated heterocycles. The third-order valence-electron chi connectivity index (χ3n) is 4.73. The minimum Gasteiger partial charge on any atom is -0.496 e. The second-order valence-electron chi connectivity index (χ2n) is 7.04. The van der Waals surface area contributed by atoms with E-state index in [4.69, 9.17) is 20.8 Å². The van der Waals surface area contributed by atoms with Gasteiger partial charge in [0.05, 0.1) is 23.7 Å². The molecule has 0 fully saturated rings. The van der Waals surface area contributed by atoms with E-state index in [-0.39, 0.29) is 10.1 Å². The average Bonchev–Trinajstić information content (AvgIpc) is 3.58. The van der Waals surface area contributed by atoms with Crippen LogP contribution >= 0.6 is 35.1 Å². The third kappa shape index (κ3) is 5.21. The number of rotatable bonds is 8.